The zero-order valence-electron chi connectivity index (χ0n) is 8.99. The molecule has 0 unspecified atom stereocenters. The summed E-state index contributed by atoms with van der Waals surface area (Å²) in [5.74, 6) is -0.216. The number of rotatable bonds is 1. The van der Waals surface area contributed by atoms with Gasteiger partial charge in [-0.05, 0) is 0 Å². The van der Waals surface area contributed by atoms with E-state index in [-0.39, 0.29) is 5.97 Å². The van der Waals surface area contributed by atoms with Crippen LogP contribution in [0, 0.1) is 7.14 Å². The van der Waals surface area contributed by atoms with Crippen molar-refractivity contribution in [2.45, 2.75) is 0 Å². The Hall–Kier alpha value is -0.590. The van der Waals surface area contributed by atoms with E-state index in [0.29, 0.717) is 10.6 Å². The van der Waals surface area contributed by atoms with E-state index < -0.39 is 20.2 Å². The van der Waals surface area contributed by atoms with Gasteiger partial charge >= 0.3 is 126 Å². The van der Waals surface area contributed by atoms with E-state index in [1.807, 2.05) is 42.5 Å². The van der Waals surface area contributed by atoms with Crippen LogP contribution in [-0.4, -0.2) is 5.97 Å². The summed E-state index contributed by atoms with van der Waals surface area (Å²) in [5, 5.41) is 0.691. The Morgan fingerprint density at radius 1 is 1.11 bits per heavy atom. The Kier molecular flexibility index (Phi) is 3.34. The minimum absolute atomic E-state index is 0.216. The third-order valence-electron chi connectivity index (χ3n) is 2.48. The van der Waals surface area contributed by atoms with Gasteiger partial charge in [-0.15, -0.1) is 0 Å². The molecule has 0 fully saturated rings. The molecule has 0 amide bonds. The summed E-state index contributed by atoms with van der Waals surface area (Å²) in [4.78, 5) is 11.8. The Bertz CT molecular complexity index is 627. The first-order valence-electron chi connectivity index (χ1n) is 5.13. The molecular formula is C13H7BrClIO2. The van der Waals surface area contributed by atoms with Crippen molar-refractivity contribution in [1.82, 2.24) is 0 Å². The van der Waals surface area contributed by atoms with Gasteiger partial charge in [0.05, 0.1) is 0 Å². The molecule has 0 saturated heterocycles. The van der Waals surface area contributed by atoms with Gasteiger partial charge in [-0.25, -0.2) is 0 Å². The molecule has 0 radical (unpaired) electrons. The molecule has 0 spiro atoms. The predicted molar refractivity (Wildman–Crippen MR) is 82.4 cm³/mol. The summed E-state index contributed by atoms with van der Waals surface area (Å²) in [6.07, 6.45) is 0. The standard InChI is InChI=1S/C13H7BrClIO2/c14-8-1-6-12-11(7-8)13(17)18-16(12)10-4-2-9(15)3-5-10/h1-7H. The van der Waals surface area contributed by atoms with Crippen LogP contribution in [0.2, 0.25) is 5.02 Å². The Labute approximate surface area is 125 Å². The van der Waals surface area contributed by atoms with Crippen molar-refractivity contribution in [3.63, 3.8) is 0 Å². The summed E-state index contributed by atoms with van der Waals surface area (Å²) in [7, 11) is 0. The number of carbonyl (C=O) groups is 1. The molecule has 5 heteroatoms. The van der Waals surface area contributed by atoms with Gasteiger partial charge in [-0.2, -0.15) is 0 Å². The van der Waals surface area contributed by atoms with Crippen molar-refractivity contribution in [2.24, 2.45) is 0 Å². The third-order valence-corrected chi connectivity index (χ3v) is 7.91. The van der Waals surface area contributed by atoms with E-state index in [0.717, 1.165) is 11.6 Å². The van der Waals surface area contributed by atoms with E-state index in [4.69, 9.17) is 14.7 Å². The van der Waals surface area contributed by atoms with Crippen LogP contribution in [0.3, 0.4) is 0 Å². The van der Waals surface area contributed by atoms with Crippen molar-refractivity contribution < 1.29 is 7.86 Å². The van der Waals surface area contributed by atoms with E-state index >= 15 is 0 Å². The van der Waals surface area contributed by atoms with Crippen molar-refractivity contribution in [1.29, 1.82) is 0 Å². The van der Waals surface area contributed by atoms with Gasteiger partial charge in [-0.1, -0.05) is 0 Å². The summed E-state index contributed by atoms with van der Waals surface area (Å²) >= 11 is 7.18. The van der Waals surface area contributed by atoms with Crippen molar-refractivity contribution in [3.8, 4) is 0 Å². The Morgan fingerprint density at radius 2 is 1.83 bits per heavy atom. The van der Waals surface area contributed by atoms with Crippen LogP contribution in [0.1, 0.15) is 10.4 Å². The third kappa shape index (κ3) is 2.17. The van der Waals surface area contributed by atoms with Gasteiger partial charge in [0, 0.05) is 0 Å². The summed E-state index contributed by atoms with van der Waals surface area (Å²) in [5.41, 5.74) is 0.685. The molecule has 0 saturated carbocycles. The average molecular weight is 437 g/mol. The van der Waals surface area contributed by atoms with Crippen LogP contribution in [0.5, 0.6) is 0 Å². The Morgan fingerprint density at radius 3 is 2.56 bits per heavy atom. The molecule has 92 valence electrons. The molecule has 18 heavy (non-hydrogen) atoms. The molecule has 1 aliphatic heterocycles. The van der Waals surface area contributed by atoms with E-state index in [1.54, 1.807) is 0 Å². The van der Waals surface area contributed by atoms with Crippen LogP contribution < -0.4 is 0 Å². The van der Waals surface area contributed by atoms with Crippen LogP contribution >= 0.6 is 47.8 Å². The number of hydrogen-bond acceptors (Lipinski definition) is 2. The molecule has 2 nitrogen and oxygen atoms in total. The second-order valence-electron chi connectivity index (χ2n) is 3.67. The van der Waals surface area contributed by atoms with Crippen LogP contribution in [0.4, 0.5) is 0 Å². The van der Waals surface area contributed by atoms with Crippen LogP contribution in [0.15, 0.2) is 46.9 Å². The molecule has 0 atom stereocenters. The quantitative estimate of drug-likeness (QED) is 0.603. The topological polar surface area (TPSA) is 26.3 Å². The molecule has 3 rings (SSSR count). The molecule has 1 aliphatic rings. The summed E-state index contributed by atoms with van der Waals surface area (Å²) < 4.78 is 8.59. The van der Waals surface area contributed by atoms with Gasteiger partial charge in [-0.3, -0.25) is 0 Å². The monoisotopic (exact) mass is 436 g/mol. The molecule has 0 aliphatic carbocycles. The number of halogens is 3. The summed E-state index contributed by atoms with van der Waals surface area (Å²) in [6.45, 7) is 0. The molecule has 1 heterocycles. The molecular weight excluding hydrogens is 430 g/mol. The molecule has 0 bridgehead atoms. The van der Waals surface area contributed by atoms with Gasteiger partial charge in [0.2, 0.25) is 0 Å². The fourth-order valence-corrected chi connectivity index (χ4v) is 6.37. The van der Waals surface area contributed by atoms with Crippen molar-refractivity contribution in [3.05, 3.63) is 64.7 Å². The van der Waals surface area contributed by atoms with Crippen LogP contribution in [-0.2, 0) is 3.07 Å². The normalized spacial score (nSPS) is 15.4. The predicted octanol–water partition coefficient (Wildman–Crippen LogP) is 4.73. The zero-order valence-corrected chi connectivity index (χ0v) is 13.5. The van der Waals surface area contributed by atoms with E-state index in [9.17, 15) is 4.79 Å². The first kappa shape index (κ1) is 12.4. The Balaban J connectivity index is 2.07. The SMILES string of the molecule is O=C1OI(c2ccc(Cl)cc2)c2ccc(Br)cc21. The van der Waals surface area contributed by atoms with Crippen LogP contribution in [0.25, 0.3) is 0 Å². The number of hydrogen-bond donors (Lipinski definition) is 0. The van der Waals surface area contributed by atoms with E-state index in [2.05, 4.69) is 15.9 Å². The summed E-state index contributed by atoms with van der Waals surface area (Å²) in [6, 6.07) is 13.3. The number of carbonyl (C=O) groups excluding carboxylic acids is 1. The van der Waals surface area contributed by atoms with Gasteiger partial charge in [0.1, 0.15) is 0 Å². The number of fused-ring (bicyclic) bond motifs is 1. The second kappa shape index (κ2) is 4.83. The second-order valence-corrected chi connectivity index (χ2v) is 9.29. The van der Waals surface area contributed by atoms with Gasteiger partial charge in [0.15, 0.2) is 0 Å². The fourth-order valence-electron chi connectivity index (χ4n) is 1.66. The van der Waals surface area contributed by atoms with Gasteiger partial charge < -0.3 is 0 Å². The molecule has 0 aromatic heterocycles. The number of benzene rings is 2. The first-order valence-corrected chi connectivity index (χ1v) is 9.34. The minimum atomic E-state index is -2.06. The fraction of sp³-hybridized carbons (Fsp3) is 0. The zero-order chi connectivity index (χ0) is 12.7. The maximum absolute atomic E-state index is 11.8. The average Bonchev–Trinajstić information content (AvgIpc) is 2.68. The molecule has 0 N–H and O–H groups in total. The molecule has 2 aromatic rings. The molecule has 2 aromatic carbocycles. The first-order chi connectivity index (χ1) is 8.65. The van der Waals surface area contributed by atoms with Gasteiger partial charge in [0.25, 0.3) is 0 Å². The van der Waals surface area contributed by atoms with E-state index in [1.165, 1.54) is 0 Å². The maximum atomic E-state index is 11.8. The van der Waals surface area contributed by atoms with Crippen molar-refractivity contribution >= 4 is 53.7 Å². The van der Waals surface area contributed by atoms with Crippen molar-refractivity contribution in [2.75, 3.05) is 0 Å².